The van der Waals surface area contributed by atoms with Crippen LogP contribution < -0.4 is 0 Å². The third-order valence-corrected chi connectivity index (χ3v) is 2.14. The molecule has 0 aliphatic heterocycles. The first-order valence-electron chi connectivity index (χ1n) is 4.87. The van der Waals surface area contributed by atoms with E-state index in [9.17, 15) is 0 Å². The maximum absolute atomic E-state index is 8.49. The van der Waals surface area contributed by atoms with E-state index in [1.165, 1.54) is 0 Å². The highest BCUT2D eigenvalue weighted by Crippen LogP contribution is 2.00. The lowest BCUT2D eigenvalue weighted by Gasteiger charge is -2.22. The second-order valence-corrected chi connectivity index (χ2v) is 3.24. The van der Waals surface area contributed by atoms with Gasteiger partial charge in [0.25, 0.3) is 0 Å². The summed E-state index contributed by atoms with van der Waals surface area (Å²) in [5.74, 6) is 0. The van der Waals surface area contributed by atoms with E-state index in [-0.39, 0.29) is 0 Å². The van der Waals surface area contributed by atoms with Crippen LogP contribution in [0.5, 0.6) is 0 Å². The molecule has 0 amide bonds. The molecule has 0 aromatic carbocycles. The van der Waals surface area contributed by atoms with Crippen LogP contribution in [0.1, 0.15) is 26.7 Å². The van der Waals surface area contributed by atoms with Crippen molar-refractivity contribution in [2.75, 3.05) is 26.8 Å². The molecule has 1 atom stereocenters. The maximum Gasteiger partial charge on any atom is 0.0638 e. The van der Waals surface area contributed by atoms with Gasteiger partial charge in [-0.15, -0.1) is 0 Å². The van der Waals surface area contributed by atoms with Crippen LogP contribution in [-0.2, 0) is 4.74 Å². The van der Waals surface area contributed by atoms with Crippen molar-refractivity contribution in [1.29, 1.82) is 5.26 Å². The SMILES string of the molecule is CCOCCCN(C)C(C)CC#N. The van der Waals surface area contributed by atoms with E-state index in [0.717, 1.165) is 26.2 Å². The van der Waals surface area contributed by atoms with E-state index in [1.807, 2.05) is 14.0 Å². The fourth-order valence-corrected chi connectivity index (χ4v) is 1.07. The molecule has 0 aliphatic carbocycles. The Balaban J connectivity index is 3.39. The number of ether oxygens (including phenoxy) is 1. The average Bonchev–Trinajstić information content (AvgIpc) is 2.12. The van der Waals surface area contributed by atoms with Gasteiger partial charge in [0.1, 0.15) is 0 Å². The minimum absolute atomic E-state index is 0.353. The van der Waals surface area contributed by atoms with E-state index in [0.29, 0.717) is 12.5 Å². The number of rotatable bonds is 7. The van der Waals surface area contributed by atoms with Crippen molar-refractivity contribution in [2.45, 2.75) is 32.7 Å². The minimum atomic E-state index is 0.353. The van der Waals surface area contributed by atoms with Gasteiger partial charge < -0.3 is 9.64 Å². The normalized spacial score (nSPS) is 12.8. The van der Waals surface area contributed by atoms with Gasteiger partial charge in [0.2, 0.25) is 0 Å². The molecule has 0 aromatic heterocycles. The summed E-state index contributed by atoms with van der Waals surface area (Å²) in [5.41, 5.74) is 0. The second-order valence-electron chi connectivity index (χ2n) is 3.24. The van der Waals surface area contributed by atoms with Crippen molar-refractivity contribution in [3.8, 4) is 6.07 Å². The Hall–Kier alpha value is -0.590. The van der Waals surface area contributed by atoms with Crippen molar-refractivity contribution in [2.24, 2.45) is 0 Å². The Kier molecular flexibility index (Phi) is 7.66. The largest absolute Gasteiger partial charge is 0.382 e. The molecule has 3 heteroatoms. The lowest BCUT2D eigenvalue weighted by molar-refractivity contribution is 0.130. The van der Waals surface area contributed by atoms with E-state index < -0.39 is 0 Å². The van der Waals surface area contributed by atoms with Crippen LogP contribution in [0.25, 0.3) is 0 Å². The van der Waals surface area contributed by atoms with E-state index in [2.05, 4.69) is 17.9 Å². The molecule has 76 valence electrons. The predicted molar refractivity (Wildman–Crippen MR) is 53.4 cm³/mol. The van der Waals surface area contributed by atoms with Crippen LogP contribution in [0.15, 0.2) is 0 Å². The standard InChI is InChI=1S/C10H20N2O/c1-4-13-9-5-8-12(3)10(2)6-7-11/h10H,4-6,8-9H2,1-3H3. The molecular weight excluding hydrogens is 164 g/mol. The predicted octanol–water partition coefficient (Wildman–Crippen LogP) is 1.65. The van der Waals surface area contributed by atoms with Crippen molar-refractivity contribution >= 4 is 0 Å². The Morgan fingerprint density at radius 1 is 1.54 bits per heavy atom. The summed E-state index contributed by atoms with van der Waals surface area (Å²) < 4.78 is 5.23. The van der Waals surface area contributed by atoms with Gasteiger partial charge in [0, 0.05) is 25.8 Å². The molecule has 0 spiro atoms. The van der Waals surface area contributed by atoms with Crippen molar-refractivity contribution in [3.05, 3.63) is 0 Å². The average molecular weight is 184 g/mol. The Morgan fingerprint density at radius 2 is 2.23 bits per heavy atom. The van der Waals surface area contributed by atoms with Crippen molar-refractivity contribution < 1.29 is 4.74 Å². The first-order chi connectivity index (χ1) is 6.22. The molecule has 0 fully saturated rings. The van der Waals surface area contributed by atoms with Gasteiger partial charge in [-0.1, -0.05) is 0 Å². The summed E-state index contributed by atoms with van der Waals surface area (Å²) in [7, 11) is 2.05. The number of hydrogen-bond donors (Lipinski definition) is 0. The van der Waals surface area contributed by atoms with Crippen LogP contribution in [0.4, 0.5) is 0 Å². The zero-order valence-electron chi connectivity index (χ0n) is 8.92. The number of hydrogen-bond acceptors (Lipinski definition) is 3. The first-order valence-corrected chi connectivity index (χ1v) is 4.87. The monoisotopic (exact) mass is 184 g/mol. The van der Waals surface area contributed by atoms with Gasteiger partial charge in [-0.2, -0.15) is 5.26 Å². The maximum atomic E-state index is 8.49. The molecule has 13 heavy (non-hydrogen) atoms. The summed E-state index contributed by atoms with van der Waals surface area (Å²) in [6.45, 7) is 6.69. The van der Waals surface area contributed by atoms with Gasteiger partial charge in [-0.05, 0) is 27.3 Å². The highest BCUT2D eigenvalue weighted by Gasteiger charge is 2.07. The number of nitriles is 1. The molecule has 0 aliphatic rings. The fourth-order valence-electron chi connectivity index (χ4n) is 1.07. The summed E-state index contributed by atoms with van der Waals surface area (Å²) in [5, 5.41) is 8.49. The molecule has 0 aromatic rings. The lowest BCUT2D eigenvalue weighted by Crippen LogP contribution is -2.30. The lowest BCUT2D eigenvalue weighted by atomic mass is 10.2. The molecular formula is C10H20N2O. The van der Waals surface area contributed by atoms with Crippen molar-refractivity contribution in [3.63, 3.8) is 0 Å². The summed E-state index contributed by atoms with van der Waals surface area (Å²) in [4.78, 5) is 2.20. The molecule has 0 bridgehead atoms. The number of nitrogens with zero attached hydrogens (tertiary/aromatic N) is 2. The van der Waals surface area contributed by atoms with Gasteiger partial charge in [-0.25, -0.2) is 0 Å². The minimum Gasteiger partial charge on any atom is -0.382 e. The van der Waals surface area contributed by atoms with Gasteiger partial charge in [0.05, 0.1) is 12.5 Å². The van der Waals surface area contributed by atoms with E-state index in [1.54, 1.807) is 0 Å². The van der Waals surface area contributed by atoms with E-state index in [4.69, 9.17) is 10.00 Å². The summed E-state index contributed by atoms with van der Waals surface area (Å²) >= 11 is 0. The third kappa shape index (κ3) is 6.56. The van der Waals surface area contributed by atoms with Gasteiger partial charge >= 0.3 is 0 Å². The Bertz CT molecular complexity index is 153. The van der Waals surface area contributed by atoms with Gasteiger partial charge in [-0.3, -0.25) is 0 Å². The molecule has 0 rings (SSSR count). The highest BCUT2D eigenvalue weighted by atomic mass is 16.5. The highest BCUT2D eigenvalue weighted by molar-refractivity contribution is 4.78. The molecule has 0 N–H and O–H groups in total. The van der Waals surface area contributed by atoms with Crippen LogP contribution in [0, 0.1) is 11.3 Å². The van der Waals surface area contributed by atoms with Crippen LogP contribution in [0.3, 0.4) is 0 Å². The Labute approximate surface area is 81.3 Å². The molecule has 0 radical (unpaired) electrons. The molecule has 3 nitrogen and oxygen atoms in total. The van der Waals surface area contributed by atoms with E-state index >= 15 is 0 Å². The molecule has 0 heterocycles. The summed E-state index contributed by atoms with van der Waals surface area (Å²) in [6.07, 6.45) is 1.64. The Morgan fingerprint density at radius 3 is 2.77 bits per heavy atom. The van der Waals surface area contributed by atoms with Crippen LogP contribution in [0.2, 0.25) is 0 Å². The van der Waals surface area contributed by atoms with Crippen molar-refractivity contribution in [1.82, 2.24) is 4.90 Å². The first kappa shape index (κ1) is 12.4. The fraction of sp³-hybridized carbons (Fsp3) is 0.900. The van der Waals surface area contributed by atoms with Crippen LogP contribution >= 0.6 is 0 Å². The second kappa shape index (κ2) is 8.03. The molecule has 0 saturated carbocycles. The van der Waals surface area contributed by atoms with Gasteiger partial charge in [0.15, 0.2) is 0 Å². The third-order valence-electron chi connectivity index (χ3n) is 2.14. The zero-order valence-corrected chi connectivity index (χ0v) is 8.92. The smallest absolute Gasteiger partial charge is 0.0638 e. The van der Waals surface area contributed by atoms with Crippen LogP contribution in [-0.4, -0.2) is 37.7 Å². The topological polar surface area (TPSA) is 36.3 Å². The molecule has 1 unspecified atom stereocenters. The molecule has 0 saturated heterocycles. The summed E-state index contributed by atoms with van der Waals surface area (Å²) in [6, 6.07) is 2.53. The quantitative estimate of drug-likeness (QED) is 0.564. The zero-order chi connectivity index (χ0) is 10.1.